The number of aryl methyl sites for hydroxylation is 1. The molecule has 0 saturated heterocycles. The summed E-state index contributed by atoms with van der Waals surface area (Å²) >= 11 is 0. The highest BCUT2D eigenvalue weighted by Crippen LogP contribution is 2.46. The van der Waals surface area contributed by atoms with Crippen LogP contribution in [-0.4, -0.2) is 49.7 Å². The summed E-state index contributed by atoms with van der Waals surface area (Å²) in [5.41, 5.74) is 7.88. The standard InChI is InChI=1S/C55H52O11/c1-34(2)52(57)62-32-39(33-63-53(58)35(3)4)28-29-61-50-25-21-45(31-48(50)43-17-18-43)42-15-13-41(14-16-42)40-11-8-38(9-12-40)10-27-51(56)66-49-26-24-47(30-37(49)7)65-55(60)44-19-22-46(23-20-44)64-54(59)36(5)6/h8-16,19-27,30-31,39,43H,1,3,5,17-18,28-29,32-33H2,2,4,6-7H3/b27-10+. The highest BCUT2D eigenvalue weighted by Gasteiger charge is 2.28. The molecule has 1 aliphatic rings. The predicted octanol–water partition coefficient (Wildman–Crippen LogP) is 11.1. The molecule has 11 nitrogen and oxygen atoms in total. The van der Waals surface area contributed by atoms with Crippen LogP contribution in [-0.2, 0) is 28.7 Å². The first-order valence-electron chi connectivity index (χ1n) is 21.5. The summed E-state index contributed by atoms with van der Waals surface area (Å²) in [4.78, 5) is 61.2. The molecule has 6 rings (SSSR count). The molecule has 338 valence electrons. The second kappa shape index (κ2) is 22.2. The molecule has 0 heterocycles. The molecule has 0 aromatic heterocycles. The van der Waals surface area contributed by atoms with Crippen LogP contribution >= 0.6 is 0 Å². The Morgan fingerprint density at radius 2 is 1.14 bits per heavy atom. The molecule has 0 atom stereocenters. The van der Waals surface area contributed by atoms with Crippen molar-refractivity contribution in [1.29, 1.82) is 0 Å². The van der Waals surface area contributed by atoms with Crippen LogP contribution < -0.4 is 18.9 Å². The van der Waals surface area contributed by atoms with E-state index in [0.717, 1.165) is 52.0 Å². The smallest absolute Gasteiger partial charge is 0.343 e. The monoisotopic (exact) mass is 888 g/mol. The van der Waals surface area contributed by atoms with E-state index in [2.05, 4.69) is 50.1 Å². The van der Waals surface area contributed by atoms with Crippen LogP contribution in [0.25, 0.3) is 28.3 Å². The van der Waals surface area contributed by atoms with Crippen molar-refractivity contribution in [2.45, 2.75) is 52.9 Å². The van der Waals surface area contributed by atoms with Crippen molar-refractivity contribution >= 4 is 35.9 Å². The molecular formula is C55H52O11. The van der Waals surface area contributed by atoms with E-state index in [-0.39, 0.29) is 41.8 Å². The maximum Gasteiger partial charge on any atom is 0.343 e. The lowest BCUT2D eigenvalue weighted by Crippen LogP contribution is -2.23. The van der Waals surface area contributed by atoms with E-state index < -0.39 is 29.8 Å². The summed E-state index contributed by atoms with van der Waals surface area (Å²) in [6, 6.07) is 33.1. The van der Waals surface area contributed by atoms with Crippen molar-refractivity contribution in [1.82, 2.24) is 0 Å². The fraction of sp³-hybridized carbons (Fsp3) is 0.218. The Balaban J connectivity index is 1.00. The Hall–Kier alpha value is -7.79. The van der Waals surface area contributed by atoms with Gasteiger partial charge in [-0.3, -0.25) is 0 Å². The maximum absolute atomic E-state index is 12.8. The normalized spacial score (nSPS) is 12.0. The van der Waals surface area contributed by atoms with Crippen LogP contribution in [0, 0.1) is 12.8 Å². The second-order valence-electron chi connectivity index (χ2n) is 16.3. The van der Waals surface area contributed by atoms with Gasteiger partial charge in [-0.1, -0.05) is 74.3 Å². The number of ether oxygens (including phenoxy) is 6. The molecule has 0 radical (unpaired) electrons. The van der Waals surface area contributed by atoms with E-state index in [0.29, 0.717) is 41.4 Å². The molecule has 0 N–H and O–H groups in total. The Morgan fingerprint density at radius 3 is 1.70 bits per heavy atom. The Labute approximate surface area is 385 Å². The second-order valence-corrected chi connectivity index (χ2v) is 16.3. The Morgan fingerprint density at radius 1 is 0.606 bits per heavy atom. The van der Waals surface area contributed by atoms with Gasteiger partial charge in [-0.05, 0) is 152 Å². The van der Waals surface area contributed by atoms with Gasteiger partial charge in [-0.15, -0.1) is 0 Å². The summed E-state index contributed by atoms with van der Waals surface area (Å²) in [5, 5.41) is 0. The van der Waals surface area contributed by atoms with E-state index in [4.69, 9.17) is 28.4 Å². The summed E-state index contributed by atoms with van der Waals surface area (Å²) in [5.74, 6) is -0.881. The van der Waals surface area contributed by atoms with Gasteiger partial charge >= 0.3 is 29.8 Å². The molecule has 0 amide bonds. The quantitative estimate of drug-likeness (QED) is 0.0419. The third kappa shape index (κ3) is 13.6. The minimum atomic E-state index is -0.607. The van der Waals surface area contributed by atoms with Gasteiger partial charge in [0.2, 0.25) is 0 Å². The topological polar surface area (TPSA) is 141 Å². The molecule has 1 fully saturated rings. The average Bonchev–Trinajstić information content (AvgIpc) is 4.16. The van der Waals surface area contributed by atoms with Gasteiger partial charge in [0.1, 0.15) is 23.0 Å². The lowest BCUT2D eigenvalue weighted by Gasteiger charge is -2.19. The molecule has 1 aliphatic carbocycles. The summed E-state index contributed by atoms with van der Waals surface area (Å²) in [6.45, 7) is 17.7. The zero-order valence-corrected chi connectivity index (χ0v) is 37.6. The van der Waals surface area contributed by atoms with E-state index in [1.54, 1.807) is 45.9 Å². The number of rotatable bonds is 20. The fourth-order valence-electron chi connectivity index (χ4n) is 6.52. The molecular weight excluding hydrogens is 837 g/mol. The van der Waals surface area contributed by atoms with E-state index >= 15 is 0 Å². The minimum Gasteiger partial charge on any atom is -0.493 e. The maximum atomic E-state index is 12.8. The van der Waals surface area contributed by atoms with Gasteiger partial charge in [0, 0.05) is 28.7 Å². The van der Waals surface area contributed by atoms with E-state index in [9.17, 15) is 24.0 Å². The SMILES string of the molecule is C=C(C)C(=O)OCC(CCOc1ccc(-c2ccc(-c3ccc(/C=C/C(=O)Oc4ccc(OC(=O)c5ccc(OC(=O)C(=C)C)cc5)cc4C)cc3)cc2)cc1C1CC1)COC(=O)C(=C)C. The molecule has 1 saturated carbocycles. The summed E-state index contributed by atoms with van der Waals surface area (Å²) < 4.78 is 33.2. The zero-order chi connectivity index (χ0) is 47.3. The predicted molar refractivity (Wildman–Crippen MR) is 252 cm³/mol. The number of hydrogen-bond donors (Lipinski definition) is 0. The van der Waals surface area contributed by atoms with Crippen molar-refractivity contribution in [3.05, 3.63) is 174 Å². The van der Waals surface area contributed by atoms with Crippen LogP contribution in [0.15, 0.2) is 152 Å². The Bertz CT molecular complexity index is 2640. The van der Waals surface area contributed by atoms with Gasteiger partial charge in [-0.25, -0.2) is 24.0 Å². The molecule has 0 aliphatic heterocycles. The highest BCUT2D eigenvalue weighted by molar-refractivity contribution is 5.92. The van der Waals surface area contributed by atoms with Crippen molar-refractivity contribution in [2.24, 2.45) is 5.92 Å². The molecule has 0 unspecified atom stereocenters. The summed E-state index contributed by atoms with van der Waals surface area (Å²) in [7, 11) is 0. The first kappa shape index (κ1) is 47.7. The highest BCUT2D eigenvalue weighted by atomic mass is 16.6. The van der Waals surface area contributed by atoms with Crippen molar-refractivity contribution in [3.8, 4) is 45.3 Å². The first-order chi connectivity index (χ1) is 31.6. The van der Waals surface area contributed by atoms with E-state index in [1.165, 1.54) is 36.4 Å². The van der Waals surface area contributed by atoms with Crippen LogP contribution in [0.2, 0.25) is 0 Å². The lowest BCUT2D eigenvalue weighted by molar-refractivity contribution is -0.144. The lowest BCUT2D eigenvalue weighted by atomic mass is 9.97. The largest absolute Gasteiger partial charge is 0.493 e. The average molecular weight is 889 g/mol. The molecule has 5 aromatic carbocycles. The van der Waals surface area contributed by atoms with Gasteiger partial charge in [0.15, 0.2) is 0 Å². The molecule has 0 spiro atoms. The van der Waals surface area contributed by atoms with Gasteiger partial charge in [0.05, 0.1) is 25.4 Å². The Kier molecular flexibility index (Phi) is 16.0. The molecule has 66 heavy (non-hydrogen) atoms. The first-order valence-corrected chi connectivity index (χ1v) is 21.5. The molecule has 5 aromatic rings. The fourth-order valence-corrected chi connectivity index (χ4v) is 6.52. The van der Waals surface area contributed by atoms with Crippen molar-refractivity contribution in [2.75, 3.05) is 19.8 Å². The minimum absolute atomic E-state index is 0.0718. The molecule has 11 heteroatoms. The number of carbonyl (C=O) groups is 5. The van der Waals surface area contributed by atoms with Gasteiger partial charge < -0.3 is 28.4 Å². The van der Waals surface area contributed by atoms with Crippen molar-refractivity contribution < 1.29 is 52.4 Å². The summed E-state index contributed by atoms with van der Waals surface area (Å²) in [6.07, 6.45) is 5.72. The number of esters is 5. The van der Waals surface area contributed by atoms with Crippen LogP contribution in [0.4, 0.5) is 0 Å². The van der Waals surface area contributed by atoms with Crippen LogP contribution in [0.5, 0.6) is 23.0 Å². The zero-order valence-electron chi connectivity index (χ0n) is 37.6. The van der Waals surface area contributed by atoms with Crippen LogP contribution in [0.3, 0.4) is 0 Å². The van der Waals surface area contributed by atoms with E-state index in [1.807, 2.05) is 36.4 Å². The molecule has 0 bridgehead atoms. The van der Waals surface area contributed by atoms with Gasteiger partial charge in [-0.2, -0.15) is 0 Å². The number of carbonyl (C=O) groups excluding carboxylic acids is 5. The number of hydrogen-bond acceptors (Lipinski definition) is 11. The third-order valence-electron chi connectivity index (χ3n) is 10.5. The van der Waals surface area contributed by atoms with Crippen LogP contribution in [0.1, 0.15) is 73.0 Å². The van der Waals surface area contributed by atoms with Crippen molar-refractivity contribution in [3.63, 3.8) is 0 Å². The van der Waals surface area contributed by atoms with Gasteiger partial charge in [0.25, 0.3) is 0 Å². The third-order valence-corrected chi connectivity index (χ3v) is 10.5. The number of benzene rings is 5.